The van der Waals surface area contributed by atoms with E-state index in [1.165, 1.54) is 12.5 Å². The average Bonchev–Trinajstić information content (AvgIpc) is 3.34. The number of primary amides is 1. The van der Waals surface area contributed by atoms with Crippen molar-refractivity contribution in [2.75, 3.05) is 13.2 Å². The van der Waals surface area contributed by atoms with E-state index in [2.05, 4.69) is 30.9 Å². The van der Waals surface area contributed by atoms with Crippen molar-refractivity contribution in [1.82, 2.24) is 25.9 Å². The van der Waals surface area contributed by atoms with Crippen molar-refractivity contribution in [3.05, 3.63) is 18.2 Å². The van der Waals surface area contributed by atoms with Crippen LogP contribution in [0.25, 0.3) is 0 Å². The van der Waals surface area contributed by atoms with Crippen LogP contribution in [0.15, 0.2) is 17.5 Å². The Labute approximate surface area is 211 Å². The molecule has 0 radical (unpaired) electrons. The minimum absolute atomic E-state index is 0.00499. The van der Waals surface area contributed by atoms with Gasteiger partial charge in [-0.2, -0.15) is 0 Å². The number of carboxylic acids is 1. The van der Waals surface area contributed by atoms with Crippen LogP contribution in [0.5, 0.6) is 0 Å². The lowest BCUT2D eigenvalue weighted by atomic mass is 10.1. The minimum atomic E-state index is -1.60. The predicted octanol–water partition coefficient (Wildman–Crippen LogP) is -4.87. The fourth-order valence-corrected chi connectivity index (χ4v) is 3.04. The Morgan fingerprint density at radius 2 is 1.59 bits per heavy atom. The van der Waals surface area contributed by atoms with Crippen LogP contribution in [-0.2, 0) is 30.4 Å². The van der Waals surface area contributed by atoms with E-state index in [1.54, 1.807) is 0 Å². The van der Waals surface area contributed by atoms with Crippen LogP contribution < -0.4 is 38.9 Å². The lowest BCUT2D eigenvalue weighted by molar-refractivity contribution is -0.143. The van der Waals surface area contributed by atoms with Crippen LogP contribution in [0.4, 0.5) is 0 Å². The number of aliphatic hydroxyl groups excluding tert-OH is 1. The Hall–Kier alpha value is -4.25. The molecule has 0 fully saturated rings. The van der Waals surface area contributed by atoms with Gasteiger partial charge >= 0.3 is 5.97 Å². The van der Waals surface area contributed by atoms with E-state index < -0.39 is 60.4 Å². The molecule has 1 rings (SSSR count). The topological polar surface area (TPSA) is 307 Å². The minimum Gasteiger partial charge on any atom is -0.480 e. The molecule has 206 valence electrons. The molecule has 0 aliphatic carbocycles. The smallest absolute Gasteiger partial charge is 0.328 e. The molecule has 0 saturated carbocycles. The second kappa shape index (κ2) is 15.7. The van der Waals surface area contributed by atoms with Gasteiger partial charge in [0.25, 0.3) is 0 Å². The molecule has 37 heavy (non-hydrogen) atoms. The van der Waals surface area contributed by atoms with Gasteiger partial charge in [0.15, 0.2) is 5.96 Å². The number of nitrogens with zero attached hydrogens (tertiary/aromatic N) is 2. The van der Waals surface area contributed by atoms with E-state index >= 15 is 0 Å². The van der Waals surface area contributed by atoms with Gasteiger partial charge in [-0.15, -0.1) is 0 Å². The predicted molar refractivity (Wildman–Crippen MR) is 129 cm³/mol. The number of aromatic amines is 1. The highest BCUT2D eigenvalue weighted by molar-refractivity contribution is 5.94. The third kappa shape index (κ3) is 11.8. The molecule has 1 aromatic rings. The van der Waals surface area contributed by atoms with Crippen molar-refractivity contribution in [1.29, 1.82) is 0 Å². The summed E-state index contributed by atoms with van der Waals surface area (Å²) >= 11 is 0. The van der Waals surface area contributed by atoms with E-state index in [1.807, 2.05) is 0 Å². The van der Waals surface area contributed by atoms with Crippen molar-refractivity contribution in [2.45, 2.75) is 56.3 Å². The lowest BCUT2D eigenvalue weighted by Gasteiger charge is -2.24. The number of hydrogen-bond donors (Lipinski definition) is 10. The maximum atomic E-state index is 13.2. The number of carboxylic acid groups (broad SMARTS) is 1. The molecule has 0 aromatic carbocycles. The first-order chi connectivity index (χ1) is 17.4. The van der Waals surface area contributed by atoms with Crippen LogP contribution in [0, 0.1) is 0 Å². The van der Waals surface area contributed by atoms with Gasteiger partial charge in [-0.25, -0.2) is 9.78 Å². The lowest BCUT2D eigenvalue weighted by Crippen LogP contribution is -2.58. The standard InChI is InChI=1S/C20H34N10O7/c21-11(3-4-15(22)32)16(33)29-13(6-10-7-25-9-27-10)18(35)28-12(2-1-5-26-20(23)24)17(34)30-14(8-31)19(36)37/h7,9,11-14,31H,1-6,8,21H2,(H2,22,32)(H,25,27)(H,28,35)(H,29,33)(H,30,34)(H,36,37)(H4,23,24,26). The number of aliphatic hydroxyl groups is 1. The third-order valence-corrected chi connectivity index (χ3v) is 5.03. The highest BCUT2D eigenvalue weighted by Gasteiger charge is 2.30. The van der Waals surface area contributed by atoms with Crippen molar-refractivity contribution in [2.24, 2.45) is 27.9 Å². The van der Waals surface area contributed by atoms with E-state index in [0.29, 0.717) is 5.69 Å². The average molecular weight is 527 g/mol. The molecule has 0 aliphatic rings. The number of rotatable bonds is 17. The van der Waals surface area contributed by atoms with Crippen LogP contribution in [0.1, 0.15) is 31.4 Å². The van der Waals surface area contributed by atoms with Gasteiger partial charge in [0, 0.05) is 31.3 Å². The summed E-state index contributed by atoms with van der Waals surface area (Å²) in [6, 6.07) is -5.23. The van der Waals surface area contributed by atoms with Crippen LogP contribution >= 0.6 is 0 Å². The molecule has 17 nitrogen and oxygen atoms in total. The van der Waals surface area contributed by atoms with E-state index in [9.17, 15) is 29.1 Å². The first-order valence-corrected chi connectivity index (χ1v) is 11.3. The van der Waals surface area contributed by atoms with E-state index in [0.717, 1.165) is 0 Å². The van der Waals surface area contributed by atoms with Gasteiger partial charge in [-0.05, 0) is 19.3 Å². The summed E-state index contributed by atoms with van der Waals surface area (Å²) in [6.07, 6.45) is 2.77. The maximum absolute atomic E-state index is 13.2. The number of aliphatic carboxylic acids is 1. The molecule has 17 heteroatoms. The maximum Gasteiger partial charge on any atom is 0.328 e. The Kier molecular flexibility index (Phi) is 13.0. The number of imidazole rings is 1. The largest absolute Gasteiger partial charge is 0.480 e. The van der Waals surface area contributed by atoms with Crippen LogP contribution in [0.2, 0.25) is 0 Å². The molecule has 4 unspecified atom stereocenters. The SMILES string of the molecule is NC(=O)CCC(N)C(=O)NC(Cc1cnc[nH]1)C(=O)NC(CCCN=C(N)N)C(=O)NC(CO)C(=O)O. The molecule has 0 bridgehead atoms. The summed E-state index contributed by atoms with van der Waals surface area (Å²) in [4.78, 5) is 71.1. The molecular weight excluding hydrogens is 492 g/mol. The number of aliphatic imine (C=N–C) groups is 1. The summed E-state index contributed by atoms with van der Waals surface area (Å²) in [5.74, 6) is -4.71. The van der Waals surface area contributed by atoms with Gasteiger partial charge in [0.1, 0.15) is 18.1 Å². The second-order valence-corrected chi connectivity index (χ2v) is 8.05. The van der Waals surface area contributed by atoms with E-state index in [-0.39, 0.29) is 44.6 Å². The van der Waals surface area contributed by atoms with Gasteiger partial charge in [-0.1, -0.05) is 0 Å². The number of carbonyl (C=O) groups excluding carboxylic acids is 4. The number of carbonyl (C=O) groups is 5. The molecule has 0 aliphatic heterocycles. The summed E-state index contributed by atoms with van der Waals surface area (Å²) in [7, 11) is 0. The normalized spacial score (nSPS) is 13.9. The number of hydrogen-bond acceptors (Lipinski definition) is 9. The van der Waals surface area contributed by atoms with Crippen molar-refractivity contribution in [3.63, 3.8) is 0 Å². The number of aromatic nitrogens is 2. The second-order valence-electron chi connectivity index (χ2n) is 8.05. The molecule has 0 saturated heterocycles. The number of nitrogens with one attached hydrogen (secondary N) is 4. The van der Waals surface area contributed by atoms with Crippen molar-refractivity contribution < 1.29 is 34.2 Å². The quantitative estimate of drug-likeness (QED) is 0.0521. The molecule has 0 spiro atoms. The molecular formula is C20H34N10O7. The Morgan fingerprint density at radius 3 is 2.14 bits per heavy atom. The highest BCUT2D eigenvalue weighted by Crippen LogP contribution is 2.05. The molecule has 1 aromatic heterocycles. The third-order valence-electron chi connectivity index (χ3n) is 5.03. The zero-order valence-corrected chi connectivity index (χ0v) is 20.1. The van der Waals surface area contributed by atoms with Crippen molar-refractivity contribution >= 4 is 35.6 Å². The number of guanidine groups is 1. The fraction of sp³-hybridized carbons (Fsp3) is 0.550. The number of nitrogens with two attached hydrogens (primary N) is 4. The summed E-state index contributed by atoms with van der Waals surface area (Å²) < 4.78 is 0. The first-order valence-electron chi connectivity index (χ1n) is 11.3. The van der Waals surface area contributed by atoms with Crippen molar-refractivity contribution in [3.8, 4) is 0 Å². The van der Waals surface area contributed by atoms with Gasteiger partial charge in [0.2, 0.25) is 23.6 Å². The highest BCUT2D eigenvalue weighted by atomic mass is 16.4. The molecule has 4 amide bonds. The number of amides is 4. The molecule has 4 atom stereocenters. The Bertz CT molecular complexity index is 949. The van der Waals surface area contributed by atoms with Crippen LogP contribution in [-0.4, -0.2) is 93.1 Å². The Morgan fingerprint density at radius 1 is 0.973 bits per heavy atom. The Balaban J connectivity index is 3.05. The zero-order valence-electron chi connectivity index (χ0n) is 20.1. The van der Waals surface area contributed by atoms with E-state index in [4.69, 9.17) is 28.0 Å². The summed E-state index contributed by atoms with van der Waals surface area (Å²) in [5, 5.41) is 25.4. The molecule has 14 N–H and O–H groups in total. The van der Waals surface area contributed by atoms with Gasteiger partial charge in [-0.3, -0.25) is 24.2 Å². The monoisotopic (exact) mass is 526 g/mol. The van der Waals surface area contributed by atoms with Crippen LogP contribution in [0.3, 0.4) is 0 Å². The first kappa shape index (κ1) is 30.8. The van der Waals surface area contributed by atoms with Gasteiger partial charge in [0.05, 0.1) is 19.0 Å². The number of H-pyrrole nitrogens is 1. The molecule has 1 heterocycles. The van der Waals surface area contributed by atoms with Gasteiger partial charge < -0.3 is 54.1 Å². The fourth-order valence-electron chi connectivity index (χ4n) is 3.04. The zero-order chi connectivity index (χ0) is 28.0. The summed E-state index contributed by atoms with van der Waals surface area (Å²) in [5.41, 5.74) is 21.9. The summed E-state index contributed by atoms with van der Waals surface area (Å²) in [6.45, 7) is -0.759.